The number of thiophene rings is 1. The van der Waals surface area contributed by atoms with Crippen LogP contribution in [0.2, 0.25) is 0 Å². The Balaban J connectivity index is 1.54. The molecule has 35 heavy (non-hydrogen) atoms. The first-order valence-electron chi connectivity index (χ1n) is 12.5. The molecule has 0 bridgehead atoms. The summed E-state index contributed by atoms with van der Waals surface area (Å²) in [5.41, 5.74) is 8.26. The van der Waals surface area contributed by atoms with Crippen LogP contribution in [0.15, 0.2) is 42.6 Å². The van der Waals surface area contributed by atoms with Crippen molar-refractivity contribution >= 4 is 33.2 Å². The van der Waals surface area contributed by atoms with E-state index in [1.54, 1.807) is 11.3 Å². The van der Waals surface area contributed by atoms with Crippen LogP contribution >= 0.6 is 11.3 Å². The van der Waals surface area contributed by atoms with Gasteiger partial charge >= 0.3 is 0 Å². The fraction of sp³-hybridized carbons (Fsp3) is 0.379. The summed E-state index contributed by atoms with van der Waals surface area (Å²) in [6, 6.07) is 12.9. The highest BCUT2D eigenvalue weighted by Gasteiger charge is 2.21. The van der Waals surface area contributed by atoms with Gasteiger partial charge in [0.15, 0.2) is 0 Å². The summed E-state index contributed by atoms with van der Waals surface area (Å²) >= 11 is 1.75. The van der Waals surface area contributed by atoms with Crippen LogP contribution in [0.5, 0.6) is 5.75 Å². The second-order valence-corrected chi connectivity index (χ2v) is 11.0. The minimum atomic E-state index is 0.0784. The largest absolute Gasteiger partial charge is 0.489 e. The van der Waals surface area contributed by atoms with Crippen LogP contribution in [0.4, 0.5) is 11.6 Å². The first kappa shape index (κ1) is 23.8. The number of hydrogen-bond donors (Lipinski definition) is 2. The van der Waals surface area contributed by atoms with Gasteiger partial charge in [-0.2, -0.15) is 0 Å². The van der Waals surface area contributed by atoms with Crippen molar-refractivity contribution in [3.8, 4) is 16.9 Å². The number of aromatic nitrogens is 2. The molecule has 4 aromatic rings. The van der Waals surface area contributed by atoms with Crippen LogP contribution in [0, 0.1) is 20.8 Å². The highest BCUT2D eigenvalue weighted by molar-refractivity contribution is 7.19. The molecule has 1 fully saturated rings. The number of nitrogens with zero attached hydrogens (tertiary/aromatic N) is 2. The van der Waals surface area contributed by atoms with Gasteiger partial charge in [0, 0.05) is 10.4 Å². The number of ether oxygens (including phenoxy) is 1. The van der Waals surface area contributed by atoms with Crippen LogP contribution in [-0.4, -0.2) is 29.2 Å². The Morgan fingerprint density at radius 1 is 1.06 bits per heavy atom. The Bertz CT molecular complexity index is 1350. The van der Waals surface area contributed by atoms with Gasteiger partial charge in [-0.3, -0.25) is 0 Å². The quantitative estimate of drug-likeness (QED) is 0.300. The second-order valence-electron chi connectivity index (χ2n) is 9.78. The van der Waals surface area contributed by atoms with E-state index in [2.05, 4.69) is 86.6 Å². The third-order valence-corrected chi connectivity index (χ3v) is 7.81. The molecule has 0 radical (unpaired) electrons. The van der Waals surface area contributed by atoms with Gasteiger partial charge < -0.3 is 15.4 Å². The zero-order valence-electron chi connectivity index (χ0n) is 21.2. The van der Waals surface area contributed by atoms with Gasteiger partial charge in [0.25, 0.3) is 0 Å². The molecule has 5 rings (SSSR count). The minimum Gasteiger partial charge on any atom is -0.489 e. The Labute approximate surface area is 212 Å². The normalized spacial score (nSPS) is 14.6. The average molecular weight is 487 g/mol. The summed E-state index contributed by atoms with van der Waals surface area (Å²) in [6.07, 6.45) is 4.33. The van der Waals surface area contributed by atoms with E-state index in [0.717, 1.165) is 47.6 Å². The molecule has 1 aliphatic heterocycles. The average Bonchev–Trinajstić information content (AvgIpc) is 3.16. The molecule has 2 N–H and O–H groups in total. The Hall–Kier alpha value is -2.96. The molecule has 0 saturated carbocycles. The first-order valence-corrected chi connectivity index (χ1v) is 13.3. The number of rotatable bonds is 6. The predicted octanol–water partition coefficient (Wildman–Crippen LogP) is 7.28. The van der Waals surface area contributed by atoms with Crippen molar-refractivity contribution in [2.75, 3.05) is 18.4 Å². The highest BCUT2D eigenvalue weighted by Crippen LogP contribution is 2.40. The van der Waals surface area contributed by atoms with Crippen molar-refractivity contribution < 1.29 is 4.74 Å². The molecule has 0 aliphatic carbocycles. The fourth-order valence-corrected chi connectivity index (χ4v) is 6.07. The molecule has 0 unspecified atom stereocenters. The molecule has 182 valence electrons. The zero-order valence-corrected chi connectivity index (χ0v) is 22.1. The number of nitrogens with one attached hydrogen (secondary N) is 2. The lowest BCUT2D eigenvalue weighted by Crippen LogP contribution is -2.27. The van der Waals surface area contributed by atoms with Gasteiger partial charge in [0.1, 0.15) is 5.75 Å². The maximum absolute atomic E-state index is 6.27. The maximum atomic E-state index is 6.27. The van der Waals surface area contributed by atoms with Crippen molar-refractivity contribution in [3.63, 3.8) is 0 Å². The van der Waals surface area contributed by atoms with Crippen molar-refractivity contribution in [2.45, 2.75) is 59.5 Å². The molecular weight excluding hydrogens is 452 g/mol. The van der Waals surface area contributed by atoms with E-state index < -0.39 is 0 Å². The monoisotopic (exact) mass is 486 g/mol. The van der Waals surface area contributed by atoms with E-state index in [0.29, 0.717) is 11.9 Å². The Morgan fingerprint density at radius 3 is 2.57 bits per heavy atom. The lowest BCUT2D eigenvalue weighted by atomic mass is 9.87. The lowest BCUT2D eigenvalue weighted by molar-refractivity contribution is 0.243. The number of benzene rings is 2. The Kier molecular flexibility index (Phi) is 6.76. The summed E-state index contributed by atoms with van der Waals surface area (Å²) in [7, 11) is 0. The molecule has 1 aliphatic rings. The Morgan fingerprint density at radius 2 is 1.83 bits per heavy atom. The zero-order chi connectivity index (χ0) is 24.5. The van der Waals surface area contributed by atoms with Crippen LogP contribution in [0.1, 0.15) is 54.2 Å². The molecule has 5 nitrogen and oxygen atoms in total. The molecular formula is C29H34N4OS. The number of fused-ring (bicyclic) bond motifs is 1. The van der Waals surface area contributed by atoms with Gasteiger partial charge in [-0.25, -0.2) is 9.97 Å². The summed E-state index contributed by atoms with van der Waals surface area (Å²) in [4.78, 5) is 10.9. The molecule has 0 atom stereocenters. The number of aryl methyl sites for hydroxylation is 3. The summed E-state index contributed by atoms with van der Waals surface area (Å²) in [5, 5.41) is 6.96. The summed E-state index contributed by atoms with van der Waals surface area (Å²) in [6.45, 7) is 12.8. The van der Waals surface area contributed by atoms with Gasteiger partial charge in [0.2, 0.25) is 5.95 Å². The fourth-order valence-electron chi connectivity index (χ4n) is 5.08. The van der Waals surface area contributed by atoms with Crippen LogP contribution in [0.25, 0.3) is 21.3 Å². The van der Waals surface area contributed by atoms with E-state index in [1.165, 1.54) is 32.7 Å². The molecule has 1 saturated heterocycles. The third-order valence-electron chi connectivity index (χ3n) is 6.78. The van der Waals surface area contributed by atoms with Gasteiger partial charge in [-0.1, -0.05) is 24.3 Å². The standard InChI is InChI=1S/C29H34N4OS/c1-17(2)34-25-15-23(21-10-12-30-13-11-21)19(4)14-24(25)32-29-31-16-26-28(33-29)27(20(5)35-26)22-9-7-6-8-18(22)3/h6-9,14-17,21,30H,10-13H2,1-5H3,(H,31,32,33). The lowest BCUT2D eigenvalue weighted by Gasteiger charge is -2.26. The predicted molar refractivity (Wildman–Crippen MR) is 147 cm³/mol. The molecule has 2 aromatic heterocycles. The number of anilines is 2. The van der Waals surface area contributed by atoms with Crippen LogP contribution in [-0.2, 0) is 0 Å². The molecule has 6 heteroatoms. The topological polar surface area (TPSA) is 59.1 Å². The second kappa shape index (κ2) is 9.96. The van der Waals surface area contributed by atoms with Crippen molar-refractivity contribution in [2.24, 2.45) is 0 Å². The maximum Gasteiger partial charge on any atom is 0.227 e. The molecule has 3 heterocycles. The van der Waals surface area contributed by atoms with Gasteiger partial charge in [-0.05, 0) is 101 Å². The van der Waals surface area contributed by atoms with E-state index in [4.69, 9.17) is 9.72 Å². The van der Waals surface area contributed by atoms with E-state index in [9.17, 15) is 0 Å². The van der Waals surface area contributed by atoms with Crippen molar-refractivity contribution in [1.29, 1.82) is 0 Å². The first-order chi connectivity index (χ1) is 16.9. The number of piperidine rings is 1. The van der Waals surface area contributed by atoms with Gasteiger partial charge in [-0.15, -0.1) is 11.3 Å². The summed E-state index contributed by atoms with van der Waals surface area (Å²) < 4.78 is 7.37. The van der Waals surface area contributed by atoms with E-state index >= 15 is 0 Å². The smallest absolute Gasteiger partial charge is 0.227 e. The number of hydrogen-bond acceptors (Lipinski definition) is 6. The molecule has 0 amide bonds. The van der Waals surface area contributed by atoms with Gasteiger partial charge in [0.05, 0.1) is 28.2 Å². The highest BCUT2D eigenvalue weighted by atomic mass is 32.1. The molecule has 0 spiro atoms. The van der Waals surface area contributed by atoms with E-state index in [-0.39, 0.29) is 6.10 Å². The van der Waals surface area contributed by atoms with Crippen LogP contribution in [0.3, 0.4) is 0 Å². The minimum absolute atomic E-state index is 0.0784. The molecule has 2 aromatic carbocycles. The summed E-state index contributed by atoms with van der Waals surface area (Å²) in [5.74, 6) is 2.02. The van der Waals surface area contributed by atoms with Crippen molar-refractivity contribution in [1.82, 2.24) is 15.3 Å². The van der Waals surface area contributed by atoms with Crippen LogP contribution < -0.4 is 15.4 Å². The third kappa shape index (κ3) is 4.91. The van der Waals surface area contributed by atoms with E-state index in [1.807, 2.05) is 6.20 Å². The SMILES string of the molecule is Cc1ccccc1-c1c(C)sc2cnc(Nc3cc(C)c(C4CCNCC4)cc3OC(C)C)nc12. The van der Waals surface area contributed by atoms with Crippen molar-refractivity contribution in [3.05, 3.63) is 64.2 Å².